The second-order valence-electron chi connectivity index (χ2n) is 4.03. The highest BCUT2D eigenvalue weighted by molar-refractivity contribution is 9.10. The molecule has 0 fully saturated rings. The molecule has 0 saturated heterocycles. The van der Waals surface area contributed by atoms with Crippen molar-refractivity contribution in [2.75, 3.05) is 0 Å². The number of furan rings is 1. The average Bonchev–Trinajstić information content (AvgIpc) is 2.94. The van der Waals surface area contributed by atoms with Crippen LogP contribution in [-0.4, -0.2) is 4.98 Å². The van der Waals surface area contributed by atoms with Crippen molar-refractivity contribution in [2.45, 2.75) is 12.5 Å². The average molecular weight is 323 g/mol. The third kappa shape index (κ3) is 2.34. The predicted molar refractivity (Wildman–Crippen MR) is 76.7 cm³/mol. The molecule has 18 heavy (non-hydrogen) atoms. The molecule has 3 rings (SSSR count). The number of hydrogen-bond acceptors (Lipinski definition) is 4. The summed E-state index contributed by atoms with van der Waals surface area (Å²) in [5.41, 5.74) is 7.15. The fourth-order valence-electron chi connectivity index (χ4n) is 1.82. The van der Waals surface area contributed by atoms with Crippen LogP contribution in [0.4, 0.5) is 0 Å². The molecule has 1 unspecified atom stereocenters. The van der Waals surface area contributed by atoms with Gasteiger partial charge < -0.3 is 10.2 Å². The minimum Gasteiger partial charge on any atom is -0.453 e. The molecule has 2 N–H and O–H groups in total. The first-order valence-electron chi connectivity index (χ1n) is 5.57. The van der Waals surface area contributed by atoms with Gasteiger partial charge in [0.15, 0.2) is 4.67 Å². The zero-order valence-corrected chi connectivity index (χ0v) is 11.9. The summed E-state index contributed by atoms with van der Waals surface area (Å²) in [5, 5.41) is 1.04. The van der Waals surface area contributed by atoms with E-state index >= 15 is 0 Å². The SMILES string of the molecule is NC(Cc1nc2ccccc2s1)c1ccc(Br)o1. The fraction of sp³-hybridized carbons (Fsp3) is 0.154. The van der Waals surface area contributed by atoms with Crippen LogP contribution in [0.2, 0.25) is 0 Å². The van der Waals surface area contributed by atoms with E-state index in [4.69, 9.17) is 10.2 Å². The molecule has 0 radical (unpaired) electrons. The van der Waals surface area contributed by atoms with E-state index in [0.29, 0.717) is 11.1 Å². The molecule has 3 nitrogen and oxygen atoms in total. The Morgan fingerprint density at radius 3 is 2.83 bits per heavy atom. The summed E-state index contributed by atoms with van der Waals surface area (Å²) in [4.78, 5) is 4.57. The lowest BCUT2D eigenvalue weighted by atomic mass is 10.2. The van der Waals surface area contributed by atoms with Crippen molar-refractivity contribution >= 4 is 37.5 Å². The number of fused-ring (bicyclic) bond motifs is 1. The van der Waals surface area contributed by atoms with Gasteiger partial charge in [-0.2, -0.15) is 0 Å². The van der Waals surface area contributed by atoms with Crippen molar-refractivity contribution in [3.8, 4) is 0 Å². The molecule has 92 valence electrons. The van der Waals surface area contributed by atoms with Crippen LogP contribution in [0.1, 0.15) is 16.8 Å². The zero-order chi connectivity index (χ0) is 12.5. The molecule has 2 aromatic heterocycles. The maximum Gasteiger partial charge on any atom is 0.169 e. The number of para-hydroxylation sites is 1. The van der Waals surface area contributed by atoms with Crippen LogP contribution in [-0.2, 0) is 6.42 Å². The van der Waals surface area contributed by atoms with Gasteiger partial charge in [-0.05, 0) is 40.2 Å². The molecule has 0 aliphatic rings. The summed E-state index contributed by atoms with van der Waals surface area (Å²) in [6.45, 7) is 0. The number of nitrogens with two attached hydrogens (primary N) is 1. The Hall–Kier alpha value is -1.17. The molecule has 1 atom stereocenters. The third-order valence-electron chi connectivity index (χ3n) is 2.69. The van der Waals surface area contributed by atoms with E-state index < -0.39 is 0 Å². The Kier molecular flexibility index (Phi) is 3.20. The highest BCUT2D eigenvalue weighted by Gasteiger charge is 2.14. The van der Waals surface area contributed by atoms with Crippen LogP contribution in [0.5, 0.6) is 0 Å². The Morgan fingerprint density at radius 1 is 1.28 bits per heavy atom. The molecule has 0 bridgehead atoms. The van der Waals surface area contributed by atoms with Crippen molar-refractivity contribution in [3.05, 3.63) is 51.8 Å². The number of aromatic nitrogens is 1. The summed E-state index contributed by atoms with van der Waals surface area (Å²) in [6.07, 6.45) is 0.694. The Bertz CT molecular complexity index is 643. The largest absolute Gasteiger partial charge is 0.453 e. The van der Waals surface area contributed by atoms with E-state index in [1.807, 2.05) is 30.3 Å². The van der Waals surface area contributed by atoms with Crippen molar-refractivity contribution < 1.29 is 4.42 Å². The van der Waals surface area contributed by atoms with Crippen LogP contribution in [0, 0.1) is 0 Å². The van der Waals surface area contributed by atoms with Gasteiger partial charge in [-0.1, -0.05) is 12.1 Å². The number of thiazole rings is 1. The summed E-state index contributed by atoms with van der Waals surface area (Å²) in [6, 6.07) is 11.7. The lowest BCUT2D eigenvalue weighted by Crippen LogP contribution is -2.12. The van der Waals surface area contributed by atoms with Gasteiger partial charge in [-0.25, -0.2) is 4.98 Å². The smallest absolute Gasteiger partial charge is 0.169 e. The lowest BCUT2D eigenvalue weighted by molar-refractivity contribution is 0.448. The topological polar surface area (TPSA) is 52.0 Å². The second kappa shape index (κ2) is 4.84. The highest BCUT2D eigenvalue weighted by atomic mass is 79.9. The van der Waals surface area contributed by atoms with Crippen LogP contribution < -0.4 is 5.73 Å². The van der Waals surface area contributed by atoms with Crippen LogP contribution in [0.15, 0.2) is 45.5 Å². The molecular weight excluding hydrogens is 312 g/mol. The summed E-state index contributed by atoms with van der Waals surface area (Å²) < 4.78 is 7.36. The van der Waals surface area contributed by atoms with Crippen molar-refractivity contribution in [3.63, 3.8) is 0 Å². The number of benzene rings is 1. The molecule has 0 aliphatic heterocycles. The number of nitrogens with zero attached hydrogens (tertiary/aromatic N) is 1. The Morgan fingerprint density at radius 2 is 2.11 bits per heavy atom. The van der Waals surface area contributed by atoms with E-state index in [9.17, 15) is 0 Å². The standard InChI is InChI=1S/C13H11BrN2OS/c14-12-6-5-10(17-12)8(15)7-13-16-9-3-1-2-4-11(9)18-13/h1-6,8H,7,15H2. The molecule has 1 aromatic carbocycles. The Balaban J connectivity index is 1.83. The fourth-order valence-corrected chi connectivity index (χ4v) is 3.17. The van der Waals surface area contributed by atoms with Crippen LogP contribution in [0.3, 0.4) is 0 Å². The lowest BCUT2D eigenvalue weighted by Gasteiger charge is -2.05. The van der Waals surface area contributed by atoms with Gasteiger partial charge in [0.2, 0.25) is 0 Å². The summed E-state index contributed by atoms with van der Waals surface area (Å²) >= 11 is 4.96. The van der Waals surface area contributed by atoms with Gasteiger partial charge in [-0.15, -0.1) is 11.3 Å². The highest BCUT2D eigenvalue weighted by Crippen LogP contribution is 2.26. The van der Waals surface area contributed by atoms with E-state index in [1.165, 1.54) is 4.70 Å². The number of halogens is 1. The van der Waals surface area contributed by atoms with Gasteiger partial charge >= 0.3 is 0 Å². The van der Waals surface area contributed by atoms with Crippen molar-refractivity contribution in [1.82, 2.24) is 4.98 Å². The van der Waals surface area contributed by atoms with Gasteiger partial charge in [0.05, 0.1) is 21.3 Å². The van der Waals surface area contributed by atoms with E-state index in [1.54, 1.807) is 11.3 Å². The molecule has 5 heteroatoms. The zero-order valence-electron chi connectivity index (χ0n) is 9.47. The third-order valence-corrected chi connectivity index (χ3v) is 4.18. The molecule has 2 heterocycles. The molecular formula is C13H11BrN2OS. The first-order valence-corrected chi connectivity index (χ1v) is 7.18. The normalized spacial score (nSPS) is 13.0. The van der Waals surface area contributed by atoms with E-state index in [0.717, 1.165) is 16.3 Å². The molecule has 0 spiro atoms. The van der Waals surface area contributed by atoms with Gasteiger partial charge in [0.1, 0.15) is 5.76 Å². The summed E-state index contributed by atoms with van der Waals surface area (Å²) in [7, 11) is 0. The monoisotopic (exact) mass is 322 g/mol. The van der Waals surface area contributed by atoms with Crippen LogP contribution in [0.25, 0.3) is 10.2 Å². The maximum atomic E-state index is 6.11. The van der Waals surface area contributed by atoms with E-state index in [2.05, 4.69) is 27.0 Å². The first-order chi connectivity index (χ1) is 8.72. The van der Waals surface area contributed by atoms with Crippen molar-refractivity contribution in [1.29, 1.82) is 0 Å². The minimum absolute atomic E-state index is 0.156. The van der Waals surface area contributed by atoms with Gasteiger partial charge in [0, 0.05) is 6.42 Å². The summed E-state index contributed by atoms with van der Waals surface area (Å²) in [5.74, 6) is 0.779. The first kappa shape index (κ1) is 11.9. The Labute approximate surface area is 117 Å². The molecule has 0 aliphatic carbocycles. The van der Waals surface area contributed by atoms with Crippen molar-refractivity contribution in [2.24, 2.45) is 5.73 Å². The molecule has 3 aromatic rings. The van der Waals surface area contributed by atoms with Gasteiger partial charge in [0.25, 0.3) is 0 Å². The maximum absolute atomic E-state index is 6.11. The second-order valence-corrected chi connectivity index (χ2v) is 5.92. The molecule has 0 saturated carbocycles. The number of hydrogen-bond donors (Lipinski definition) is 1. The number of rotatable bonds is 3. The van der Waals surface area contributed by atoms with Gasteiger partial charge in [-0.3, -0.25) is 0 Å². The molecule has 0 amide bonds. The van der Waals surface area contributed by atoms with E-state index in [-0.39, 0.29) is 6.04 Å². The predicted octanol–water partition coefficient (Wildman–Crippen LogP) is 3.89. The quantitative estimate of drug-likeness (QED) is 0.795. The van der Waals surface area contributed by atoms with Crippen LogP contribution >= 0.6 is 27.3 Å². The minimum atomic E-state index is -0.156.